The van der Waals surface area contributed by atoms with E-state index in [9.17, 15) is 5.26 Å². The van der Waals surface area contributed by atoms with Gasteiger partial charge in [0.25, 0.3) is 0 Å². The third kappa shape index (κ3) is 2.80. The van der Waals surface area contributed by atoms with Gasteiger partial charge in [-0.3, -0.25) is 0 Å². The topological polar surface area (TPSA) is 87.7 Å². The highest BCUT2D eigenvalue weighted by Gasteiger charge is 2.50. The van der Waals surface area contributed by atoms with Crippen LogP contribution in [0.15, 0.2) is 60.0 Å². The number of ether oxygens (including phenoxy) is 1. The van der Waals surface area contributed by atoms with E-state index in [-0.39, 0.29) is 11.8 Å². The highest BCUT2D eigenvalue weighted by molar-refractivity contribution is 5.69. The summed E-state index contributed by atoms with van der Waals surface area (Å²) < 4.78 is 5.77. The van der Waals surface area contributed by atoms with Crippen LogP contribution in [0.1, 0.15) is 43.2 Å². The fourth-order valence-corrected chi connectivity index (χ4v) is 4.69. The number of H-pyrrole nitrogens is 1. The predicted molar refractivity (Wildman–Crippen MR) is 118 cm³/mol. The summed E-state index contributed by atoms with van der Waals surface area (Å²) in [5.74, 6) is 0.687. The van der Waals surface area contributed by atoms with Gasteiger partial charge in [0, 0.05) is 0 Å². The fourth-order valence-electron chi connectivity index (χ4n) is 4.69. The Morgan fingerprint density at radius 2 is 1.90 bits per heavy atom. The summed E-state index contributed by atoms with van der Waals surface area (Å²) in [7, 11) is 0. The Hall–Kier alpha value is -3.52. The summed E-state index contributed by atoms with van der Waals surface area (Å²) in [6.45, 7) is 8.32. The Morgan fingerprint density at radius 1 is 1.17 bits per heavy atom. The van der Waals surface area contributed by atoms with E-state index in [1.165, 1.54) is 5.56 Å². The van der Waals surface area contributed by atoms with Gasteiger partial charge in [0.1, 0.15) is 11.6 Å². The van der Waals surface area contributed by atoms with Crippen LogP contribution < -0.4 is 10.5 Å². The van der Waals surface area contributed by atoms with Gasteiger partial charge in [0.15, 0.2) is 0 Å². The Kier molecular flexibility index (Phi) is 4.87. The Bertz CT molecular complexity index is 1170. The quantitative estimate of drug-likeness (QED) is 0.649. The van der Waals surface area contributed by atoms with Crippen LogP contribution >= 0.6 is 0 Å². The largest absolute Gasteiger partial charge is 0.422 e. The first-order chi connectivity index (χ1) is 14.4. The third-order valence-electron chi connectivity index (χ3n) is 6.10. The molecule has 1 atom stereocenters. The molecular weight excluding hydrogens is 372 g/mol. The molecule has 4 rings (SSSR count). The van der Waals surface area contributed by atoms with Gasteiger partial charge in [0.05, 0.1) is 16.7 Å². The maximum Gasteiger partial charge on any atom is 0.222 e. The van der Waals surface area contributed by atoms with Gasteiger partial charge in [0.2, 0.25) is 11.8 Å². The van der Waals surface area contributed by atoms with Crippen LogP contribution in [0.2, 0.25) is 0 Å². The highest BCUT2D eigenvalue weighted by atomic mass is 16.5. The molecule has 0 bridgehead atoms. The molecule has 0 saturated carbocycles. The number of nitriles is 1. The van der Waals surface area contributed by atoms with Crippen molar-refractivity contribution in [3.63, 3.8) is 0 Å². The summed E-state index contributed by atoms with van der Waals surface area (Å²) in [5.41, 5.74) is 12.1. The molecule has 0 unspecified atom stereocenters. The van der Waals surface area contributed by atoms with E-state index < -0.39 is 5.41 Å². The lowest BCUT2D eigenvalue weighted by molar-refractivity contribution is 0.323. The van der Waals surface area contributed by atoms with E-state index in [0.717, 1.165) is 34.4 Å². The van der Waals surface area contributed by atoms with Crippen molar-refractivity contribution in [2.75, 3.05) is 0 Å². The molecule has 2 heterocycles. The third-order valence-corrected chi connectivity index (χ3v) is 6.10. The molecule has 0 radical (unpaired) electrons. The molecule has 0 amide bonds. The first-order valence-electron chi connectivity index (χ1n) is 10.3. The minimum Gasteiger partial charge on any atom is -0.422 e. The molecule has 30 heavy (non-hydrogen) atoms. The Labute approximate surface area is 177 Å². The van der Waals surface area contributed by atoms with Crippen LogP contribution in [-0.2, 0) is 11.8 Å². The highest BCUT2D eigenvalue weighted by Crippen LogP contribution is 2.53. The zero-order chi connectivity index (χ0) is 21.5. The normalized spacial score (nSPS) is 18.1. The van der Waals surface area contributed by atoms with E-state index in [1.54, 1.807) is 0 Å². The SMILES string of the molecule is CCc1cc(-c2ccccc2)cc([C@]2(C(C)C)C(C#N)=C(N)Oc3[nH]nc(C)c32)c1. The first-order valence-corrected chi connectivity index (χ1v) is 10.3. The van der Waals surface area contributed by atoms with Gasteiger partial charge in [-0.25, -0.2) is 5.10 Å². The van der Waals surface area contributed by atoms with Crippen molar-refractivity contribution in [2.45, 2.75) is 39.5 Å². The summed E-state index contributed by atoms with van der Waals surface area (Å²) in [6, 6.07) is 19.3. The van der Waals surface area contributed by atoms with Gasteiger partial charge in [-0.1, -0.05) is 63.2 Å². The molecule has 3 N–H and O–H groups in total. The predicted octanol–water partition coefficient (Wildman–Crippen LogP) is 4.98. The van der Waals surface area contributed by atoms with Crippen LogP contribution in [0, 0.1) is 24.2 Å². The Balaban J connectivity index is 2.10. The molecule has 3 aromatic rings. The molecule has 2 aromatic carbocycles. The molecule has 0 fully saturated rings. The average Bonchev–Trinajstić information content (AvgIpc) is 3.13. The Morgan fingerprint density at radius 3 is 2.53 bits per heavy atom. The summed E-state index contributed by atoms with van der Waals surface area (Å²) in [5, 5.41) is 17.5. The zero-order valence-electron chi connectivity index (χ0n) is 17.8. The van der Waals surface area contributed by atoms with Crippen molar-refractivity contribution < 1.29 is 4.74 Å². The van der Waals surface area contributed by atoms with Gasteiger partial charge in [-0.15, -0.1) is 0 Å². The minimum atomic E-state index is -0.752. The van der Waals surface area contributed by atoms with E-state index in [2.05, 4.69) is 67.4 Å². The van der Waals surface area contributed by atoms with Crippen LogP contribution in [-0.4, -0.2) is 10.2 Å². The van der Waals surface area contributed by atoms with Gasteiger partial charge < -0.3 is 10.5 Å². The summed E-state index contributed by atoms with van der Waals surface area (Å²) in [4.78, 5) is 0. The van der Waals surface area contributed by atoms with Crippen molar-refractivity contribution in [1.29, 1.82) is 5.26 Å². The van der Waals surface area contributed by atoms with Crippen LogP contribution in [0.25, 0.3) is 11.1 Å². The minimum absolute atomic E-state index is 0.0420. The van der Waals surface area contributed by atoms with Crippen molar-refractivity contribution in [1.82, 2.24) is 10.2 Å². The van der Waals surface area contributed by atoms with Crippen LogP contribution in [0.3, 0.4) is 0 Å². The molecular formula is C25H26N4O. The van der Waals surface area contributed by atoms with Gasteiger partial charge in [-0.2, -0.15) is 10.4 Å². The second-order valence-electron chi connectivity index (χ2n) is 8.07. The molecule has 0 spiro atoms. The number of aryl methyl sites for hydroxylation is 2. The maximum absolute atomic E-state index is 10.2. The molecule has 1 aromatic heterocycles. The molecule has 152 valence electrons. The number of nitrogens with two attached hydrogens (primary N) is 1. The number of nitrogens with zero attached hydrogens (tertiary/aromatic N) is 2. The lowest BCUT2D eigenvalue weighted by atomic mass is 9.61. The van der Waals surface area contributed by atoms with E-state index in [0.29, 0.717) is 11.5 Å². The molecule has 1 aliphatic rings. The second kappa shape index (κ2) is 7.38. The average molecular weight is 399 g/mol. The van der Waals surface area contributed by atoms with Gasteiger partial charge in [-0.05, 0) is 47.6 Å². The van der Waals surface area contributed by atoms with Crippen molar-refractivity contribution in [2.24, 2.45) is 11.7 Å². The molecule has 5 heteroatoms. The summed E-state index contributed by atoms with van der Waals surface area (Å²) >= 11 is 0. The number of nitrogens with one attached hydrogen (secondary N) is 1. The monoisotopic (exact) mass is 398 g/mol. The number of allylic oxidation sites excluding steroid dienone is 1. The first kappa shape index (κ1) is 19.8. The number of hydrogen-bond donors (Lipinski definition) is 2. The van der Waals surface area contributed by atoms with Crippen molar-refractivity contribution in [3.05, 3.63) is 82.4 Å². The number of aromatic nitrogens is 2. The number of fused-ring (bicyclic) bond motifs is 1. The van der Waals surface area contributed by atoms with E-state index in [4.69, 9.17) is 10.5 Å². The smallest absolute Gasteiger partial charge is 0.222 e. The lowest BCUT2D eigenvalue weighted by Crippen LogP contribution is -2.41. The number of aromatic amines is 1. The zero-order valence-corrected chi connectivity index (χ0v) is 17.8. The van der Waals surface area contributed by atoms with Gasteiger partial charge >= 0.3 is 0 Å². The van der Waals surface area contributed by atoms with E-state index in [1.807, 2.05) is 25.1 Å². The fraction of sp³-hybridized carbons (Fsp3) is 0.280. The van der Waals surface area contributed by atoms with Crippen molar-refractivity contribution in [3.8, 4) is 23.1 Å². The standard InChI is InChI=1S/C25H26N4O/c1-5-17-11-19(18-9-7-6-8-10-18)13-20(12-17)25(15(2)3)21(14-26)23(27)30-24-22(25)16(4)28-29-24/h6-13,15H,5,27H2,1-4H3,(H,28,29)/t25-/m1/s1. The second-order valence-corrected chi connectivity index (χ2v) is 8.07. The van der Waals surface area contributed by atoms with E-state index >= 15 is 0 Å². The molecule has 5 nitrogen and oxygen atoms in total. The maximum atomic E-state index is 10.2. The van der Waals surface area contributed by atoms with Crippen molar-refractivity contribution >= 4 is 0 Å². The number of benzene rings is 2. The van der Waals surface area contributed by atoms with Crippen LogP contribution in [0.4, 0.5) is 0 Å². The van der Waals surface area contributed by atoms with Crippen LogP contribution in [0.5, 0.6) is 5.88 Å². The lowest BCUT2D eigenvalue weighted by Gasteiger charge is -2.41. The molecule has 1 aliphatic heterocycles. The number of hydrogen-bond acceptors (Lipinski definition) is 4. The number of rotatable bonds is 4. The molecule has 0 aliphatic carbocycles. The molecule has 0 saturated heterocycles. The summed E-state index contributed by atoms with van der Waals surface area (Å²) in [6.07, 6.45) is 0.886.